The van der Waals surface area contributed by atoms with Gasteiger partial charge >= 0.3 is 0 Å². The van der Waals surface area contributed by atoms with Gasteiger partial charge in [-0.05, 0) is 69.4 Å². The lowest BCUT2D eigenvalue weighted by Crippen LogP contribution is -2.54. The summed E-state index contributed by atoms with van der Waals surface area (Å²) in [6, 6.07) is 0.807. The zero-order valence-electron chi connectivity index (χ0n) is 11.6. The van der Waals surface area contributed by atoms with Gasteiger partial charge in [-0.15, -0.1) is 0 Å². The van der Waals surface area contributed by atoms with Crippen molar-refractivity contribution >= 4 is 0 Å². The van der Waals surface area contributed by atoms with Crippen molar-refractivity contribution in [3.8, 4) is 0 Å². The molecule has 0 aromatic rings. The minimum absolute atomic E-state index is 0.621. The Balaban J connectivity index is 1.66. The Hall–Kier alpha value is -0.0800. The van der Waals surface area contributed by atoms with Crippen LogP contribution in [0, 0.1) is 10.8 Å². The van der Waals surface area contributed by atoms with Crippen LogP contribution in [0.5, 0.6) is 0 Å². The zero-order valence-corrected chi connectivity index (χ0v) is 11.6. The van der Waals surface area contributed by atoms with E-state index in [4.69, 9.17) is 0 Å². The Morgan fingerprint density at radius 2 is 1.88 bits per heavy atom. The van der Waals surface area contributed by atoms with Crippen molar-refractivity contribution in [3.63, 3.8) is 0 Å². The molecule has 2 aliphatic heterocycles. The number of piperidine rings is 2. The van der Waals surface area contributed by atoms with E-state index in [9.17, 15) is 0 Å². The molecule has 2 saturated heterocycles. The van der Waals surface area contributed by atoms with Crippen LogP contribution < -0.4 is 5.32 Å². The number of hydrogen-bond donors (Lipinski definition) is 1. The van der Waals surface area contributed by atoms with E-state index in [1.807, 2.05) is 0 Å². The second-order valence-corrected chi connectivity index (χ2v) is 7.18. The van der Waals surface area contributed by atoms with E-state index >= 15 is 0 Å². The third-order valence-electron chi connectivity index (χ3n) is 5.85. The molecule has 0 radical (unpaired) electrons. The van der Waals surface area contributed by atoms with Crippen molar-refractivity contribution < 1.29 is 0 Å². The first kappa shape index (κ1) is 12.0. The number of rotatable bonds is 2. The minimum atomic E-state index is 0.621. The summed E-state index contributed by atoms with van der Waals surface area (Å²) in [7, 11) is 0. The molecule has 1 aliphatic carbocycles. The largest absolute Gasteiger partial charge is 0.316 e. The van der Waals surface area contributed by atoms with Crippen molar-refractivity contribution in [1.82, 2.24) is 10.2 Å². The van der Waals surface area contributed by atoms with Crippen LogP contribution in [-0.4, -0.2) is 37.1 Å². The van der Waals surface area contributed by atoms with E-state index < -0.39 is 0 Å². The molecule has 1 N–H and O–H groups in total. The first-order chi connectivity index (χ1) is 8.14. The molecule has 2 atom stereocenters. The van der Waals surface area contributed by atoms with Crippen LogP contribution in [0.4, 0.5) is 0 Å². The van der Waals surface area contributed by atoms with Gasteiger partial charge in [0, 0.05) is 19.1 Å². The number of hydrogen-bond acceptors (Lipinski definition) is 2. The van der Waals surface area contributed by atoms with E-state index in [2.05, 4.69) is 24.1 Å². The van der Waals surface area contributed by atoms with Crippen LogP contribution >= 0.6 is 0 Å². The van der Waals surface area contributed by atoms with Crippen LogP contribution in [0.2, 0.25) is 0 Å². The second-order valence-electron chi connectivity index (χ2n) is 7.18. The third-order valence-corrected chi connectivity index (χ3v) is 5.85. The molecule has 2 heteroatoms. The molecule has 3 fully saturated rings. The molecule has 0 aromatic heterocycles. The zero-order chi connectivity index (χ0) is 11.9. The lowest BCUT2D eigenvalue weighted by molar-refractivity contribution is 0.0230. The maximum Gasteiger partial charge on any atom is 0.0121 e. The molecule has 2 heterocycles. The molecule has 0 amide bonds. The van der Waals surface area contributed by atoms with Gasteiger partial charge in [-0.25, -0.2) is 0 Å². The summed E-state index contributed by atoms with van der Waals surface area (Å²) in [5.74, 6) is 0. The number of likely N-dealkylation sites (tertiary alicyclic amines) is 1. The Kier molecular flexibility index (Phi) is 2.99. The van der Waals surface area contributed by atoms with Crippen molar-refractivity contribution in [3.05, 3.63) is 0 Å². The Labute approximate surface area is 106 Å². The lowest BCUT2D eigenvalue weighted by atomic mass is 9.73. The van der Waals surface area contributed by atoms with E-state index in [1.165, 1.54) is 64.7 Å². The summed E-state index contributed by atoms with van der Waals surface area (Å²) in [6.45, 7) is 10.2. The van der Waals surface area contributed by atoms with Crippen molar-refractivity contribution in [1.29, 1.82) is 0 Å². The molecule has 3 rings (SSSR count). The molecule has 0 bridgehead atoms. The van der Waals surface area contributed by atoms with Crippen molar-refractivity contribution in [2.24, 2.45) is 10.8 Å². The monoisotopic (exact) mass is 236 g/mol. The molecular formula is C15H28N2. The van der Waals surface area contributed by atoms with Gasteiger partial charge in [0.25, 0.3) is 0 Å². The van der Waals surface area contributed by atoms with Crippen LogP contribution in [0.1, 0.15) is 52.4 Å². The molecule has 98 valence electrons. The number of nitrogens with zero attached hydrogens (tertiary/aromatic N) is 1. The molecule has 1 spiro atoms. The van der Waals surface area contributed by atoms with Crippen LogP contribution in [-0.2, 0) is 0 Å². The fraction of sp³-hybridized carbons (Fsp3) is 1.00. The van der Waals surface area contributed by atoms with Crippen LogP contribution in [0.25, 0.3) is 0 Å². The predicted octanol–water partition coefficient (Wildman–Crippen LogP) is 2.64. The Morgan fingerprint density at radius 1 is 1.12 bits per heavy atom. The lowest BCUT2D eigenvalue weighted by Gasteiger charge is -2.48. The summed E-state index contributed by atoms with van der Waals surface area (Å²) in [6.07, 6.45) is 8.63. The fourth-order valence-corrected chi connectivity index (χ4v) is 4.01. The average molecular weight is 236 g/mol. The van der Waals surface area contributed by atoms with Gasteiger partial charge in [-0.1, -0.05) is 6.92 Å². The van der Waals surface area contributed by atoms with Gasteiger partial charge in [-0.2, -0.15) is 0 Å². The third kappa shape index (κ3) is 2.26. The second kappa shape index (κ2) is 4.24. The van der Waals surface area contributed by atoms with E-state index in [1.54, 1.807) is 0 Å². The highest BCUT2D eigenvalue weighted by atomic mass is 15.2. The molecule has 1 saturated carbocycles. The normalized spacial score (nSPS) is 39.2. The fourth-order valence-electron chi connectivity index (χ4n) is 4.01. The van der Waals surface area contributed by atoms with Gasteiger partial charge in [0.05, 0.1) is 0 Å². The Bertz CT molecular complexity index is 271. The first-order valence-electron chi connectivity index (χ1n) is 7.59. The summed E-state index contributed by atoms with van der Waals surface area (Å²) in [5.41, 5.74) is 1.27. The summed E-state index contributed by atoms with van der Waals surface area (Å²) in [5, 5.41) is 3.63. The van der Waals surface area contributed by atoms with Gasteiger partial charge in [-0.3, -0.25) is 4.90 Å². The average Bonchev–Trinajstić information content (AvgIpc) is 3.09. The van der Waals surface area contributed by atoms with Crippen molar-refractivity contribution in [2.45, 2.75) is 58.4 Å². The van der Waals surface area contributed by atoms with E-state index in [0.717, 1.165) is 6.04 Å². The molecule has 3 aliphatic rings. The standard InChI is InChI=1S/C15H28N2/c1-13(14(2)7-8-14)17-10-4-6-15(12-17)5-3-9-16-11-15/h13,16H,3-12H2,1-2H3. The topological polar surface area (TPSA) is 15.3 Å². The highest BCUT2D eigenvalue weighted by Gasteiger charge is 2.47. The highest BCUT2D eigenvalue weighted by Crippen LogP contribution is 2.51. The van der Waals surface area contributed by atoms with Crippen LogP contribution in [0.3, 0.4) is 0 Å². The molecule has 2 unspecified atom stereocenters. The van der Waals surface area contributed by atoms with Crippen molar-refractivity contribution in [2.75, 3.05) is 26.2 Å². The van der Waals surface area contributed by atoms with Gasteiger partial charge in [0.1, 0.15) is 0 Å². The SMILES string of the molecule is CC(N1CCCC2(CCCNC2)C1)C1(C)CC1. The highest BCUT2D eigenvalue weighted by molar-refractivity contribution is 5.01. The Morgan fingerprint density at radius 3 is 2.53 bits per heavy atom. The molecule has 17 heavy (non-hydrogen) atoms. The van der Waals surface area contributed by atoms with Gasteiger partial charge < -0.3 is 5.32 Å². The van der Waals surface area contributed by atoms with Gasteiger partial charge in [0.15, 0.2) is 0 Å². The molecular weight excluding hydrogens is 208 g/mol. The van der Waals surface area contributed by atoms with E-state index in [-0.39, 0.29) is 0 Å². The predicted molar refractivity (Wildman–Crippen MR) is 72.1 cm³/mol. The summed E-state index contributed by atoms with van der Waals surface area (Å²) >= 11 is 0. The smallest absolute Gasteiger partial charge is 0.0121 e. The molecule has 2 nitrogen and oxygen atoms in total. The van der Waals surface area contributed by atoms with Crippen LogP contribution in [0.15, 0.2) is 0 Å². The van der Waals surface area contributed by atoms with Gasteiger partial charge in [0.2, 0.25) is 0 Å². The van der Waals surface area contributed by atoms with E-state index in [0.29, 0.717) is 10.8 Å². The summed E-state index contributed by atoms with van der Waals surface area (Å²) < 4.78 is 0. The summed E-state index contributed by atoms with van der Waals surface area (Å²) in [4.78, 5) is 2.81. The number of nitrogens with one attached hydrogen (secondary N) is 1. The first-order valence-corrected chi connectivity index (χ1v) is 7.59. The quantitative estimate of drug-likeness (QED) is 0.793. The maximum atomic E-state index is 3.63. The maximum absolute atomic E-state index is 3.63. The molecule has 0 aromatic carbocycles. The minimum Gasteiger partial charge on any atom is -0.316 e.